The second-order valence-corrected chi connectivity index (χ2v) is 5.65. The average Bonchev–Trinajstić information content (AvgIpc) is 3.17. The molecular weight excluding hydrogens is 256 g/mol. The van der Waals surface area contributed by atoms with Gasteiger partial charge in [-0.2, -0.15) is 0 Å². The van der Waals surface area contributed by atoms with E-state index in [0.29, 0.717) is 0 Å². The van der Waals surface area contributed by atoms with Crippen molar-refractivity contribution < 1.29 is 14.7 Å². The van der Waals surface area contributed by atoms with Crippen molar-refractivity contribution in [2.75, 3.05) is 4.90 Å². The number of hydrogen-bond acceptors (Lipinski definition) is 2. The lowest BCUT2D eigenvalue weighted by Gasteiger charge is -2.25. The van der Waals surface area contributed by atoms with Gasteiger partial charge in [-0.05, 0) is 43.7 Å². The number of urea groups is 1. The van der Waals surface area contributed by atoms with Crippen LogP contribution in [-0.2, 0) is 11.2 Å². The molecule has 0 bridgehead atoms. The number of amides is 2. The van der Waals surface area contributed by atoms with Gasteiger partial charge in [-0.15, -0.1) is 0 Å². The Labute approximate surface area is 117 Å². The molecule has 1 saturated carbocycles. The van der Waals surface area contributed by atoms with Crippen LogP contribution < -0.4 is 10.2 Å². The molecule has 1 heterocycles. The normalized spacial score (nSPS) is 22.2. The summed E-state index contributed by atoms with van der Waals surface area (Å²) in [6.45, 7) is 1.98. The number of rotatable bonds is 3. The summed E-state index contributed by atoms with van der Waals surface area (Å²) in [5.74, 6) is -0.856. The molecule has 0 radical (unpaired) electrons. The number of aliphatic carboxylic acids is 1. The quantitative estimate of drug-likeness (QED) is 0.885. The predicted molar refractivity (Wildman–Crippen MR) is 74.8 cm³/mol. The smallest absolute Gasteiger partial charge is 0.326 e. The molecule has 5 heteroatoms. The zero-order valence-electron chi connectivity index (χ0n) is 11.4. The molecule has 1 fully saturated rings. The van der Waals surface area contributed by atoms with Crippen molar-refractivity contribution in [3.05, 3.63) is 29.8 Å². The number of fused-ring (bicyclic) bond motifs is 1. The number of para-hydroxylation sites is 1. The van der Waals surface area contributed by atoms with Crippen LogP contribution in [0.15, 0.2) is 24.3 Å². The first kappa shape index (κ1) is 13.0. The lowest BCUT2D eigenvalue weighted by molar-refractivity contribution is -0.139. The number of carboxylic acid groups (broad SMARTS) is 1. The summed E-state index contributed by atoms with van der Waals surface area (Å²) in [6.07, 6.45) is 2.57. The largest absolute Gasteiger partial charge is 0.480 e. The van der Waals surface area contributed by atoms with Gasteiger partial charge < -0.3 is 10.4 Å². The molecule has 2 unspecified atom stereocenters. The highest BCUT2D eigenvalue weighted by Gasteiger charge is 2.39. The Kier molecular flexibility index (Phi) is 3.12. The number of carboxylic acids is 1. The van der Waals surface area contributed by atoms with E-state index in [1.807, 2.05) is 31.2 Å². The third-order valence-electron chi connectivity index (χ3n) is 4.06. The number of benzene rings is 1. The minimum atomic E-state index is -0.944. The average molecular weight is 274 g/mol. The Morgan fingerprint density at radius 2 is 2.05 bits per heavy atom. The van der Waals surface area contributed by atoms with Gasteiger partial charge in [-0.3, -0.25) is 4.90 Å². The summed E-state index contributed by atoms with van der Waals surface area (Å²) in [4.78, 5) is 25.3. The Balaban J connectivity index is 1.78. The molecule has 106 valence electrons. The molecule has 20 heavy (non-hydrogen) atoms. The topological polar surface area (TPSA) is 69.6 Å². The monoisotopic (exact) mass is 274 g/mol. The summed E-state index contributed by atoms with van der Waals surface area (Å²) in [5.41, 5.74) is 2.02. The Hall–Kier alpha value is -2.04. The van der Waals surface area contributed by atoms with Crippen LogP contribution in [0.25, 0.3) is 0 Å². The fourth-order valence-corrected chi connectivity index (χ4v) is 2.89. The number of nitrogens with zero attached hydrogens (tertiary/aromatic N) is 1. The van der Waals surface area contributed by atoms with Crippen molar-refractivity contribution in [3.63, 3.8) is 0 Å². The van der Waals surface area contributed by atoms with Crippen LogP contribution in [0, 0.1) is 5.92 Å². The minimum Gasteiger partial charge on any atom is -0.480 e. The maximum absolute atomic E-state index is 12.4. The zero-order chi connectivity index (χ0) is 14.3. The van der Waals surface area contributed by atoms with E-state index in [0.717, 1.165) is 30.5 Å². The summed E-state index contributed by atoms with van der Waals surface area (Å²) in [6, 6.07) is 6.76. The number of anilines is 1. The summed E-state index contributed by atoms with van der Waals surface area (Å²) >= 11 is 0. The molecule has 1 aromatic rings. The van der Waals surface area contributed by atoms with Gasteiger partial charge in [0, 0.05) is 11.7 Å². The van der Waals surface area contributed by atoms with Crippen molar-refractivity contribution in [2.45, 2.75) is 38.3 Å². The molecule has 1 aliphatic carbocycles. The first-order valence-electron chi connectivity index (χ1n) is 6.98. The molecule has 2 amide bonds. The third-order valence-corrected chi connectivity index (χ3v) is 4.06. The number of carbonyl (C=O) groups is 2. The first-order valence-corrected chi connectivity index (χ1v) is 6.98. The van der Waals surface area contributed by atoms with Crippen LogP contribution >= 0.6 is 0 Å². The van der Waals surface area contributed by atoms with E-state index < -0.39 is 12.0 Å². The maximum Gasteiger partial charge on any atom is 0.326 e. The Morgan fingerprint density at radius 3 is 2.70 bits per heavy atom. The second-order valence-electron chi connectivity index (χ2n) is 5.65. The van der Waals surface area contributed by atoms with Crippen LogP contribution in [0.5, 0.6) is 0 Å². The maximum atomic E-state index is 12.4. The van der Waals surface area contributed by atoms with Gasteiger partial charge in [0.25, 0.3) is 0 Å². The molecule has 1 aliphatic heterocycles. The molecule has 2 aliphatic rings. The molecule has 5 nitrogen and oxygen atoms in total. The lowest BCUT2D eigenvalue weighted by atomic mass is 10.1. The van der Waals surface area contributed by atoms with E-state index in [-0.39, 0.29) is 18.0 Å². The molecule has 0 saturated heterocycles. The van der Waals surface area contributed by atoms with Crippen molar-refractivity contribution in [2.24, 2.45) is 5.92 Å². The van der Waals surface area contributed by atoms with E-state index in [9.17, 15) is 14.7 Å². The summed E-state index contributed by atoms with van der Waals surface area (Å²) in [5, 5.41) is 11.9. The van der Waals surface area contributed by atoms with Gasteiger partial charge in [-0.25, -0.2) is 9.59 Å². The highest BCUT2D eigenvalue weighted by molar-refractivity contribution is 5.97. The van der Waals surface area contributed by atoms with Crippen LogP contribution in [0.1, 0.15) is 25.3 Å². The molecule has 2 atom stereocenters. The zero-order valence-corrected chi connectivity index (χ0v) is 11.4. The number of carbonyl (C=O) groups excluding carboxylic acids is 1. The van der Waals surface area contributed by atoms with E-state index >= 15 is 0 Å². The predicted octanol–water partition coefficient (Wildman–Crippen LogP) is 2.01. The van der Waals surface area contributed by atoms with Gasteiger partial charge >= 0.3 is 12.0 Å². The fraction of sp³-hybridized carbons (Fsp3) is 0.467. The number of nitrogens with one attached hydrogen (secondary N) is 1. The molecular formula is C15H18N2O3. The van der Waals surface area contributed by atoms with Gasteiger partial charge in [0.15, 0.2) is 0 Å². The second kappa shape index (κ2) is 4.81. The van der Waals surface area contributed by atoms with Crippen LogP contribution in [0.3, 0.4) is 0 Å². The highest BCUT2D eigenvalue weighted by Crippen LogP contribution is 2.34. The van der Waals surface area contributed by atoms with Gasteiger partial charge in [0.1, 0.15) is 6.04 Å². The SMILES string of the molecule is CC1Cc2ccccc2N1C(=O)NC(C(=O)O)C1CC1. The van der Waals surface area contributed by atoms with Crippen molar-refractivity contribution >= 4 is 17.7 Å². The van der Waals surface area contributed by atoms with Crippen LogP contribution in [0.4, 0.5) is 10.5 Å². The van der Waals surface area contributed by atoms with Crippen LogP contribution in [-0.4, -0.2) is 29.2 Å². The third kappa shape index (κ3) is 2.24. The Bertz CT molecular complexity index is 554. The van der Waals surface area contributed by atoms with E-state index in [1.54, 1.807) is 4.90 Å². The minimum absolute atomic E-state index is 0.0565. The van der Waals surface area contributed by atoms with Crippen molar-refractivity contribution in [1.82, 2.24) is 5.32 Å². The van der Waals surface area contributed by atoms with Gasteiger partial charge in [0.05, 0.1) is 0 Å². The molecule has 2 N–H and O–H groups in total. The van der Waals surface area contributed by atoms with E-state index in [1.165, 1.54) is 0 Å². The van der Waals surface area contributed by atoms with E-state index in [2.05, 4.69) is 5.32 Å². The summed E-state index contributed by atoms with van der Waals surface area (Å²) < 4.78 is 0. The standard InChI is InChI=1S/C15H18N2O3/c1-9-8-11-4-2-3-5-12(11)17(9)15(20)16-13(14(18)19)10-6-7-10/h2-5,9-10,13H,6-8H2,1H3,(H,16,20)(H,18,19). The van der Waals surface area contributed by atoms with Gasteiger partial charge in [0.2, 0.25) is 0 Å². The molecule has 0 aromatic heterocycles. The number of hydrogen-bond donors (Lipinski definition) is 2. The fourth-order valence-electron chi connectivity index (χ4n) is 2.89. The summed E-state index contributed by atoms with van der Waals surface area (Å²) in [7, 11) is 0. The molecule has 1 aromatic carbocycles. The highest BCUT2D eigenvalue weighted by atomic mass is 16.4. The van der Waals surface area contributed by atoms with Gasteiger partial charge in [-0.1, -0.05) is 18.2 Å². The van der Waals surface area contributed by atoms with Crippen molar-refractivity contribution in [1.29, 1.82) is 0 Å². The first-order chi connectivity index (χ1) is 9.58. The van der Waals surface area contributed by atoms with Crippen molar-refractivity contribution in [3.8, 4) is 0 Å². The lowest BCUT2D eigenvalue weighted by Crippen LogP contribution is -2.50. The van der Waals surface area contributed by atoms with E-state index in [4.69, 9.17) is 0 Å². The molecule has 0 spiro atoms. The Morgan fingerprint density at radius 1 is 1.35 bits per heavy atom. The van der Waals surface area contributed by atoms with Crippen LogP contribution in [0.2, 0.25) is 0 Å². The molecule has 3 rings (SSSR count).